The predicted molar refractivity (Wildman–Crippen MR) is 85.0 cm³/mol. The molecule has 2 N–H and O–H groups in total. The minimum absolute atomic E-state index is 0.0105. The fourth-order valence-corrected chi connectivity index (χ4v) is 2.91. The molecule has 0 bridgehead atoms. The number of carbonyl (C=O) groups is 1. The molecule has 8 heteroatoms. The van der Waals surface area contributed by atoms with Crippen molar-refractivity contribution in [3.63, 3.8) is 0 Å². The lowest BCUT2D eigenvalue weighted by atomic mass is 10.0. The third-order valence-corrected chi connectivity index (χ3v) is 4.01. The average molecular weight is 324 g/mol. The van der Waals surface area contributed by atoms with Crippen LogP contribution in [0.15, 0.2) is 30.5 Å². The first kappa shape index (κ1) is 14.6. The highest BCUT2D eigenvalue weighted by Crippen LogP contribution is 2.31. The number of fused-ring (bicyclic) bond motifs is 1. The van der Waals surface area contributed by atoms with Crippen molar-refractivity contribution >= 4 is 5.91 Å². The van der Waals surface area contributed by atoms with Gasteiger partial charge in [-0.3, -0.25) is 9.48 Å². The van der Waals surface area contributed by atoms with Crippen molar-refractivity contribution in [2.75, 3.05) is 0 Å². The molecule has 2 aromatic heterocycles. The van der Waals surface area contributed by atoms with Gasteiger partial charge in [-0.1, -0.05) is 18.2 Å². The largest absolute Gasteiger partial charge is 0.372 e. The summed E-state index contributed by atoms with van der Waals surface area (Å²) in [5.74, 6) is 1.32. The minimum atomic E-state index is -0.467. The van der Waals surface area contributed by atoms with E-state index in [4.69, 9.17) is 10.5 Å². The fraction of sp³-hybridized carbons (Fsp3) is 0.250. The molecule has 4 rings (SSSR count). The van der Waals surface area contributed by atoms with Crippen molar-refractivity contribution in [2.24, 2.45) is 12.8 Å². The van der Waals surface area contributed by atoms with Gasteiger partial charge in [-0.25, -0.2) is 4.98 Å². The van der Waals surface area contributed by atoms with Crippen molar-refractivity contribution in [3.8, 4) is 17.2 Å². The number of rotatable bonds is 4. The summed E-state index contributed by atoms with van der Waals surface area (Å²) in [4.78, 5) is 15.8. The molecule has 1 aliphatic rings. The van der Waals surface area contributed by atoms with Gasteiger partial charge in [0.1, 0.15) is 0 Å². The first-order valence-electron chi connectivity index (χ1n) is 7.55. The summed E-state index contributed by atoms with van der Waals surface area (Å²) in [5.41, 5.74) is 8.47. The number of hydrogen-bond acceptors (Lipinski definition) is 5. The van der Waals surface area contributed by atoms with Crippen LogP contribution in [-0.2, 0) is 36.2 Å². The van der Waals surface area contributed by atoms with Crippen LogP contribution in [0.25, 0.3) is 17.2 Å². The Kier molecular flexibility index (Phi) is 3.39. The van der Waals surface area contributed by atoms with Gasteiger partial charge in [0.2, 0.25) is 5.91 Å². The first-order chi connectivity index (χ1) is 11.6. The van der Waals surface area contributed by atoms with Crippen LogP contribution < -0.4 is 5.73 Å². The minimum Gasteiger partial charge on any atom is -0.372 e. The number of nitrogens with zero attached hydrogens (tertiary/aromatic N) is 5. The molecule has 8 nitrogen and oxygen atoms in total. The first-order valence-corrected chi connectivity index (χ1v) is 7.55. The van der Waals surface area contributed by atoms with Crippen molar-refractivity contribution < 1.29 is 9.53 Å². The van der Waals surface area contributed by atoms with Crippen LogP contribution in [0.3, 0.4) is 0 Å². The van der Waals surface area contributed by atoms with Gasteiger partial charge in [-0.05, 0) is 11.1 Å². The zero-order valence-electron chi connectivity index (χ0n) is 13.1. The van der Waals surface area contributed by atoms with Crippen LogP contribution in [0, 0.1) is 0 Å². The zero-order chi connectivity index (χ0) is 16.7. The lowest BCUT2D eigenvalue weighted by molar-refractivity contribution is -0.117. The van der Waals surface area contributed by atoms with Gasteiger partial charge in [0, 0.05) is 18.7 Å². The van der Waals surface area contributed by atoms with Crippen molar-refractivity contribution in [1.29, 1.82) is 0 Å². The molecule has 1 aromatic carbocycles. The normalized spacial score (nSPS) is 13.2. The lowest BCUT2D eigenvalue weighted by Crippen LogP contribution is -2.15. The summed E-state index contributed by atoms with van der Waals surface area (Å²) in [7, 11) is 1.83. The Labute approximate surface area is 137 Å². The van der Waals surface area contributed by atoms with Crippen LogP contribution in [0.5, 0.6) is 0 Å². The van der Waals surface area contributed by atoms with Gasteiger partial charge in [0.15, 0.2) is 17.5 Å². The molecular weight excluding hydrogens is 308 g/mol. The highest BCUT2D eigenvalue weighted by molar-refractivity contribution is 5.76. The number of aryl methyl sites for hydroxylation is 1. The maximum atomic E-state index is 11.3. The third-order valence-electron chi connectivity index (χ3n) is 4.01. The summed E-state index contributed by atoms with van der Waals surface area (Å²) in [5, 5.41) is 8.64. The molecule has 0 radical (unpaired) electrons. The number of amides is 1. The summed E-state index contributed by atoms with van der Waals surface area (Å²) in [6.07, 6.45) is 1.68. The molecule has 3 aromatic rings. The van der Waals surface area contributed by atoms with E-state index in [1.807, 2.05) is 31.3 Å². The number of primary amides is 1. The van der Waals surface area contributed by atoms with Crippen LogP contribution >= 0.6 is 0 Å². The molecule has 0 atom stereocenters. The fourth-order valence-electron chi connectivity index (χ4n) is 2.91. The van der Waals surface area contributed by atoms with Crippen molar-refractivity contribution in [2.45, 2.75) is 19.6 Å². The number of carbonyl (C=O) groups excluding carboxylic acids is 1. The van der Waals surface area contributed by atoms with E-state index in [0.717, 1.165) is 22.5 Å². The molecule has 0 aliphatic carbocycles. The Hall–Kier alpha value is -3.00. The van der Waals surface area contributed by atoms with Crippen LogP contribution in [0.2, 0.25) is 0 Å². The van der Waals surface area contributed by atoms with Gasteiger partial charge in [-0.2, -0.15) is 9.78 Å². The van der Waals surface area contributed by atoms with Crippen LogP contribution in [-0.4, -0.2) is 30.5 Å². The van der Waals surface area contributed by atoms with Crippen molar-refractivity contribution in [3.05, 3.63) is 47.4 Å². The predicted octanol–water partition coefficient (Wildman–Crippen LogP) is 0.726. The third kappa shape index (κ3) is 2.37. The second-order valence-corrected chi connectivity index (χ2v) is 5.66. The van der Waals surface area contributed by atoms with Gasteiger partial charge < -0.3 is 10.5 Å². The van der Waals surface area contributed by atoms with Crippen LogP contribution in [0.1, 0.15) is 17.0 Å². The Morgan fingerprint density at radius 1 is 1.33 bits per heavy atom. The maximum absolute atomic E-state index is 11.3. The van der Waals surface area contributed by atoms with E-state index in [2.05, 4.69) is 15.2 Å². The molecule has 0 fully saturated rings. The summed E-state index contributed by atoms with van der Waals surface area (Å²) in [6.45, 7) is 1.13. The molecular formula is C16H16N6O2. The molecule has 0 saturated heterocycles. The van der Waals surface area contributed by atoms with E-state index in [1.54, 1.807) is 15.6 Å². The SMILES string of the molecule is Cn1nccc1-n1nc(CC(N)=O)nc1-c1cccc2c1COC2. The number of ether oxygens (including phenoxy) is 1. The van der Waals surface area contributed by atoms with Crippen LogP contribution in [0.4, 0.5) is 0 Å². The van der Waals surface area contributed by atoms with Gasteiger partial charge >= 0.3 is 0 Å². The van der Waals surface area contributed by atoms with Crippen molar-refractivity contribution in [1.82, 2.24) is 24.5 Å². The number of hydrogen-bond donors (Lipinski definition) is 1. The standard InChI is InChI=1S/C16H16N6O2/c1-21-15(5-6-18-21)22-16(19-14(20-22)7-13(17)23)11-4-2-3-10-8-24-9-12(10)11/h2-6H,7-9H2,1H3,(H2,17,23). The van der Waals surface area contributed by atoms with E-state index in [-0.39, 0.29) is 6.42 Å². The molecule has 122 valence electrons. The molecule has 0 unspecified atom stereocenters. The van der Waals surface area contributed by atoms with Gasteiger partial charge in [0.05, 0.1) is 25.8 Å². The smallest absolute Gasteiger partial charge is 0.225 e. The second kappa shape index (κ2) is 5.57. The number of nitrogens with two attached hydrogens (primary N) is 1. The van der Waals surface area contributed by atoms with E-state index in [1.165, 1.54) is 0 Å². The summed E-state index contributed by atoms with van der Waals surface area (Å²) >= 11 is 0. The lowest BCUT2D eigenvalue weighted by Gasteiger charge is -2.09. The summed E-state index contributed by atoms with van der Waals surface area (Å²) in [6, 6.07) is 7.84. The molecule has 0 saturated carbocycles. The number of aromatic nitrogens is 5. The highest BCUT2D eigenvalue weighted by Gasteiger charge is 2.22. The Bertz CT molecular complexity index is 927. The quantitative estimate of drug-likeness (QED) is 0.762. The maximum Gasteiger partial charge on any atom is 0.225 e. The average Bonchev–Trinajstić information content (AvgIpc) is 3.24. The molecule has 0 spiro atoms. The second-order valence-electron chi connectivity index (χ2n) is 5.66. The number of benzene rings is 1. The van der Waals surface area contributed by atoms with Gasteiger partial charge in [-0.15, -0.1) is 5.10 Å². The Morgan fingerprint density at radius 3 is 2.96 bits per heavy atom. The topological polar surface area (TPSA) is 101 Å². The Morgan fingerprint density at radius 2 is 2.21 bits per heavy atom. The van der Waals surface area contributed by atoms with E-state index >= 15 is 0 Å². The molecule has 24 heavy (non-hydrogen) atoms. The zero-order valence-corrected chi connectivity index (χ0v) is 13.1. The summed E-state index contributed by atoms with van der Waals surface area (Å²) < 4.78 is 8.95. The molecule has 3 heterocycles. The Balaban J connectivity index is 1.91. The van der Waals surface area contributed by atoms with Gasteiger partial charge in [0.25, 0.3) is 0 Å². The van der Waals surface area contributed by atoms with E-state index in [0.29, 0.717) is 24.9 Å². The van der Waals surface area contributed by atoms with E-state index in [9.17, 15) is 4.79 Å². The highest BCUT2D eigenvalue weighted by atomic mass is 16.5. The van der Waals surface area contributed by atoms with E-state index < -0.39 is 5.91 Å². The molecule has 1 aliphatic heterocycles. The monoisotopic (exact) mass is 324 g/mol. The molecule has 1 amide bonds.